The van der Waals surface area contributed by atoms with Crippen LogP contribution in [0.5, 0.6) is 0 Å². The lowest BCUT2D eigenvalue weighted by Crippen LogP contribution is -2.20. The number of halogens is 2. The Bertz CT molecular complexity index is 317. The summed E-state index contributed by atoms with van der Waals surface area (Å²) in [6, 6.07) is 2.24. The van der Waals surface area contributed by atoms with Crippen LogP contribution in [0.1, 0.15) is 44.4 Å². The molecule has 18 heavy (non-hydrogen) atoms. The van der Waals surface area contributed by atoms with Crippen LogP contribution < -0.4 is 5.32 Å². The standard InChI is InChI=1S/C14H23Br2NS/c1-11(2)10-17-8-6-4-3-5-7-12-9-13(15)14(16)18-12/h9,11,17H,3-8,10H2,1-2H3. The number of nitrogens with one attached hydrogen (secondary N) is 1. The summed E-state index contributed by atoms with van der Waals surface area (Å²) in [5, 5.41) is 3.49. The molecule has 0 amide bonds. The highest BCUT2D eigenvalue weighted by molar-refractivity contribution is 9.13. The van der Waals surface area contributed by atoms with Crippen molar-refractivity contribution in [2.75, 3.05) is 13.1 Å². The van der Waals surface area contributed by atoms with E-state index in [2.05, 4.69) is 57.1 Å². The summed E-state index contributed by atoms with van der Waals surface area (Å²) >= 11 is 8.92. The molecule has 0 spiro atoms. The molecule has 1 heterocycles. The van der Waals surface area contributed by atoms with Crippen LogP contribution in [0.4, 0.5) is 0 Å². The van der Waals surface area contributed by atoms with Crippen molar-refractivity contribution in [1.29, 1.82) is 0 Å². The second-order valence-electron chi connectivity index (χ2n) is 5.10. The van der Waals surface area contributed by atoms with Crippen LogP contribution in [-0.4, -0.2) is 13.1 Å². The van der Waals surface area contributed by atoms with E-state index in [4.69, 9.17) is 0 Å². The number of hydrogen-bond donors (Lipinski definition) is 1. The van der Waals surface area contributed by atoms with Gasteiger partial charge in [0.25, 0.3) is 0 Å². The Balaban J connectivity index is 1.96. The minimum atomic E-state index is 0.765. The maximum absolute atomic E-state index is 3.54. The van der Waals surface area contributed by atoms with Crippen molar-refractivity contribution in [1.82, 2.24) is 5.32 Å². The molecule has 0 atom stereocenters. The third kappa shape index (κ3) is 7.27. The first-order chi connectivity index (χ1) is 8.59. The van der Waals surface area contributed by atoms with Crippen LogP contribution >= 0.6 is 43.2 Å². The number of rotatable bonds is 9. The lowest BCUT2D eigenvalue weighted by molar-refractivity contribution is 0.526. The van der Waals surface area contributed by atoms with E-state index < -0.39 is 0 Å². The summed E-state index contributed by atoms with van der Waals surface area (Å²) in [7, 11) is 0. The van der Waals surface area contributed by atoms with Gasteiger partial charge in [0.15, 0.2) is 0 Å². The smallest absolute Gasteiger partial charge is 0.0843 e. The average molecular weight is 397 g/mol. The Morgan fingerprint density at radius 3 is 2.50 bits per heavy atom. The highest BCUT2D eigenvalue weighted by Crippen LogP contribution is 2.33. The molecule has 0 unspecified atom stereocenters. The van der Waals surface area contributed by atoms with Gasteiger partial charge in [-0.2, -0.15) is 0 Å². The van der Waals surface area contributed by atoms with Crippen molar-refractivity contribution in [3.05, 3.63) is 19.2 Å². The van der Waals surface area contributed by atoms with Crippen molar-refractivity contribution < 1.29 is 0 Å². The first-order valence-corrected chi connectivity index (χ1v) is 9.14. The Morgan fingerprint density at radius 1 is 1.17 bits per heavy atom. The van der Waals surface area contributed by atoms with Crippen molar-refractivity contribution >= 4 is 43.2 Å². The fourth-order valence-electron chi connectivity index (χ4n) is 1.81. The first-order valence-electron chi connectivity index (χ1n) is 6.74. The lowest BCUT2D eigenvalue weighted by atomic mass is 10.1. The van der Waals surface area contributed by atoms with Crippen molar-refractivity contribution in [2.45, 2.75) is 46.0 Å². The molecular formula is C14H23Br2NS. The van der Waals surface area contributed by atoms with Gasteiger partial charge in [0, 0.05) is 9.35 Å². The molecule has 0 fully saturated rings. The monoisotopic (exact) mass is 395 g/mol. The summed E-state index contributed by atoms with van der Waals surface area (Å²) in [4.78, 5) is 1.48. The molecule has 1 aromatic heterocycles. The minimum Gasteiger partial charge on any atom is -0.316 e. The van der Waals surface area contributed by atoms with Crippen LogP contribution in [-0.2, 0) is 6.42 Å². The molecule has 104 valence electrons. The third-order valence-corrected chi connectivity index (χ3v) is 6.09. The molecule has 1 rings (SSSR count). The quantitative estimate of drug-likeness (QED) is 0.534. The molecular weight excluding hydrogens is 374 g/mol. The van der Waals surface area contributed by atoms with Crippen molar-refractivity contribution in [3.63, 3.8) is 0 Å². The number of thiophene rings is 1. The zero-order chi connectivity index (χ0) is 13.4. The van der Waals surface area contributed by atoms with E-state index in [1.54, 1.807) is 0 Å². The second-order valence-corrected chi connectivity index (χ2v) is 8.41. The van der Waals surface area contributed by atoms with E-state index in [-0.39, 0.29) is 0 Å². The summed E-state index contributed by atoms with van der Waals surface area (Å²) in [5.74, 6) is 0.765. The van der Waals surface area contributed by atoms with Gasteiger partial charge in [-0.25, -0.2) is 0 Å². The lowest BCUT2D eigenvalue weighted by Gasteiger charge is -2.06. The highest BCUT2D eigenvalue weighted by Gasteiger charge is 2.03. The zero-order valence-electron chi connectivity index (χ0n) is 11.3. The minimum absolute atomic E-state index is 0.765. The van der Waals surface area contributed by atoms with Crippen LogP contribution in [0.3, 0.4) is 0 Å². The SMILES string of the molecule is CC(C)CNCCCCCCc1cc(Br)c(Br)s1. The molecule has 0 bridgehead atoms. The zero-order valence-corrected chi connectivity index (χ0v) is 15.3. The summed E-state index contributed by atoms with van der Waals surface area (Å²) in [6.45, 7) is 6.83. The van der Waals surface area contributed by atoms with Crippen molar-refractivity contribution in [2.24, 2.45) is 5.92 Å². The molecule has 1 N–H and O–H groups in total. The Hall–Kier alpha value is 0.620. The van der Waals surface area contributed by atoms with Gasteiger partial charge in [-0.1, -0.05) is 26.7 Å². The Kier molecular flexibility index (Phi) is 8.81. The summed E-state index contributed by atoms with van der Waals surface area (Å²) in [6.07, 6.45) is 6.53. The van der Waals surface area contributed by atoms with Gasteiger partial charge in [0.05, 0.1) is 3.79 Å². The second kappa shape index (κ2) is 9.51. The fourth-order valence-corrected chi connectivity index (χ4v) is 4.03. The molecule has 0 radical (unpaired) electrons. The number of aryl methyl sites for hydroxylation is 1. The molecule has 0 aliphatic rings. The third-order valence-electron chi connectivity index (χ3n) is 2.78. The largest absolute Gasteiger partial charge is 0.316 e. The highest BCUT2D eigenvalue weighted by atomic mass is 79.9. The van der Waals surface area contributed by atoms with E-state index >= 15 is 0 Å². The van der Waals surface area contributed by atoms with Crippen LogP contribution in [0.15, 0.2) is 14.3 Å². The molecule has 1 aromatic rings. The maximum Gasteiger partial charge on any atom is 0.0843 e. The van der Waals surface area contributed by atoms with E-state index in [1.807, 2.05) is 11.3 Å². The Labute approximate surface area is 132 Å². The van der Waals surface area contributed by atoms with Gasteiger partial charge in [0.2, 0.25) is 0 Å². The maximum atomic E-state index is 3.54. The van der Waals surface area contributed by atoms with E-state index in [9.17, 15) is 0 Å². The van der Waals surface area contributed by atoms with Gasteiger partial charge in [-0.15, -0.1) is 11.3 Å². The first kappa shape index (κ1) is 16.7. The van der Waals surface area contributed by atoms with Crippen LogP contribution in [0, 0.1) is 5.92 Å². The topological polar surface area (TPSA) is 12.0 Å². The number of unbranched alkanes of at least 4 members (excludes halogenated alkanes) is 3. The summed E-state index contributed by atoms with van der Waals surface area (Å²) in [5.41, 5.74) is 0. The van der Waals surface area contributed by atoms with E-state index in [1.165, 1.54) is 51.8 Å². The van der Waals surface area contributed by atoms with Gasteiger partial charge < -0.3 is 5.32 Å². The normalized spacial score (nSPS) is 11.4. The van der Waals surface area contributed by atoms with Crippen molar-refractivity contribution in [3.8, 4) is 0 Å². The molecule has 0 aliphatic carbocycles. The molecule has 0 aromatic carbocycles. The van der Waals surface area contributed by atoms with Gasteiger partial charge in [-0.05, 0) is 76.2 Å². The molecule has 0 aliphatic heterocycles. The van der Waals surface area contributed by atoms with Gasteiger partial charge in [0.1, 0.15) is 0 Å². The Morgan fingerprint density at radius 2 is 1.89 bits per heavy atom. The molecule has 4 heteroatoms. The predicted molar refractivity (Wildman–Crippen MR) is 89.6 cm³/mol. The molecule has 0 saturated carbocycles. The average Bonchev–Trinajstić information content (AvgIpc) is 2.62. The van der Waals surface area contributed by atoms with Crippen LogP contribution in [0.2, 0.25) is 0 Å². The molecule has 1 nitrogen and oxygen atoms in total. The predicted octanol–water partition coefficient (Wildman–Crippen LogP) is 5.62. The van der Waals surface area contributed by atoms with E-state index in [0.29, 0.717) is 0 Å². The summed E-state index contributed by atoms with van der Waals surface area (Å²) < 4.78 is 2.41. The van der Waals surface area contributed by atoms with Gasteiger partial charge >= 0.3 is 0 Å². The van der Waals surface area contributed by atoms with E-state index in [0.717, 1.165) is 12.5 Å². The van der Waals surface area contributed by atoms with Crippen LogP contribution in [0.25, 0.3) is 0 Å². The number of hydrogen-bond acceptors (Lipinski definition) is 2. The molecule has 0 saturated heterocycles. The fraction of sp³-hybridized carbons (Fsp3) is 0.714. The van der Waals surface area contributed by atoms with Gasteiger partial charge in [-0.3, -0.25) is 0 Å².